The molecule has 0 atom stereocenters. The van der Waals surface area contributed by atoms with Crippen LogP contribution in [0.1, 0.15) is 19.5 Å². The van der Waals surface area contributed by atoms with E-state index in [1.54, 1.807) is 0 Å². The standard InChI is InChI=1S/C10H19N3/c1-9(2)8-13-10(4-6-11-3)5-7-12-13/h5,7,9,11H,4,6,8H2,1-3H3. The van der Waals surface area contributed by atoms with Crippen LogP contribution in [-0.2, 0) is 13.0 Å². The predicted octanol–water partition coefficient (Wildman–Crippen LogP) is 1.30. The maximum Gasteiger partial charge on any atom is 0.0492 e. The average Bonchev–Trinajstić information content (AvgIpc) is 2.48. The lowest BCUT2D eigenvalue weighted by Gasteiger charge is -2.09. The molecule has 0 unspecified atom stereocenters. The highest BCUT2D eigenvalue weighted by Crippen LogP contribution is 2.03. The number of rotatable bonds is 5. The summed E-state index contributed by atoms with van der Waals surface area (Å²) in [5.41, 5.74) is 1.32. The minimum Gasteiger partial charge on any atom is -0.319 e. The summed E-state index contributed by atoms with van der Waals surface area (Å²) in [7, 11) is 1.98. The molecule has 0 radical (unpaired) electrons. The third-order valence-electron chi connectivity index (χ3n) is 1.97. The van der Waals surface area contributed by atoms with Crippen molar-refractivity contribution in [2.24, 2.45) is 5.92 Å². The van der Waals surface area contributed by atoms with Crippen LogP contribution < -0.4 is 5.32 Å². The van der Waals surface area contributed by atoms with Crippen molar-refractivity contribution in [1.82, 2.24) is 15.1 Å². The first kappa shape index (κ1) is 10.3. The van der Waals surface area contributed by atoms with Crippen LogP contribution in [0.2, 0.25) is 0 Å². The molecule has 1 aromatic rings. The molecule has 0 fully saturated rings. The SMILES string of the molecule is CNCCc1ccnn1CC(C)C. The van der Waals surface area contributed by atoms with Gasteiger partial charge in [-0.1, -0.05) is 13.8 Å². The van der Waals surface area contributed by atoms with E-state index in [1.807, 2.05) is 13.2 Å². The summed E-state index contributed by atoms with van der Waals surface area (Å²) in [6, 6.07) is 2.10. The fourth-order valence-electron chi connectivity index (χ4n) is 1.34. The van der Waals surface area contributed by atoms with E-state index in [2.05, 4.69) is 35.0 Å². The second-order valence-electron chi connectivity index (χ2n) is 3.75. The number of nitrogens with zero attached hydrogens (tertiary/aromatic N) is 2. The first-order valence-electron chi connectivity index (χ1n) is 4.89. The molecule has 0 aliphatic carbocycles. The quantitative estimate of drug-likeness (QED) is 0.742. The van der Waals surface area contributed by atoms with Gasteiger partial charge in [-0.3, -0.25) is 4.68 Å². The molecule has 0 aliphatic heterocycles. The van der Waals surface area contributed by atoms with Crippen LogP contribution in [0, 0.1) is 5.92 Å². The molecule has 3 nitrogen and oxygen atoms in total. The van der Waals surface area contributed by atoms with Crippen LogP contribution in [0.3, 0.4) is 0 Å². The Balaban J connectivity index is 2.55. The molecule has 0 aliphatic rings. The van der Waals surface area contributed by atoms with Crippen LogP contribution in [0.4, 0.5) is 0 Å². The van der Waals surface area contributed by atoms with E-state index in [1.165, 1.54) is 5.69 Å². The van der Waals surface area contributed by atoms with Crippen molar-refractivity contribution in [3.63, 3.8) is 0 Å². The normalized spacial score (nSPS) is 11.1. The highest BCUT2D eigenvalue weighted by atomic mass is 15.3. The highest BCUT2D eigenvalue weighted by molar-refractivity contribution is 5.01. The molecule has 1 rings (SSSR count). The Bertz CT molecular complexity index is 240. The zero-order chi connectivity index (χ0) is 9.68. The number of likely N-dealkylation sites (N-methyl/N-ethyl adjacent to an activating group) is 1. The van der Waals surface area contributed by atoms with Crippen molar-refractivity contribution >= 4 is 0 Å². The molecule has 0 bridgehead atoms. The zero-order valence-corrected chi connectivity index (χ0v) is 8.75. The Morgan fingerprint density at radius 2 is 2.31 bits per heavy atom. The number of nitrogens with one attached hydrogen (secondary N) is 1. The summed E-state index contributed by atoms with van der Waals surface area (Å²) >= 11 is 0. The van der Waals surface area contributed by atoms with Gasteiger partial charge in [-0.05, 0) is 19.0 Å². The third kappa shape index (κ3) is 3.19. The third-order valence-corrected chi connectivity index (χ3v) is 1.97. The van der Waals surface area contributed by atoms with E-state index in [9.17, 15) is 0 Å². The fourth-order valence-corrected chi connectivity index (χ4v) is 1.34. The van der Waals surface area contributed by atoms with Crippen LogP contribution in [0.25, 0.3) is 0 Å². The van der Waals surface area contributed by atoms with Crippen molar-refractivity contribution < 1.29 is 0 Å². The Kier molecular flexibility index (Phi) is 3.96. The molecule has 0 saturated heterocycles. The van der Waals surface area contributed by atoms with Gasteiger partial charge in [-0.25, -0.2) is 0 Å². The largest absolute Gasteiger partial charge is 0.319 e. The maximum atomic E-state index is 4.30. The lowest BCUT2D eigenvalue weighted by atomic mass is 10.2. The molecule has 1 aromatic heterocycles. The number of hydrogen-bond donors (Lipinski definition) is 1. The molecule has 0 spiro atoms. The second kappa shape index (κ2) is 5.02. The summed E-state index contributed by atoms with van der Waals surface area (Å²) < 4.78 is 2.10. The van der Waals surface area contributed by atoms with Gasteiger partial charge in [0.15, 0.2) is 0 Å². The van der Waals surface area contributed by atoms with Gasteiger partial charge in [0.2, 0.25) is 0 Å². The Morgan fingerprint density at radius 1 is 1.54 bits per heavy atom. The van der Waals surface area contributed by atoms with Gasteiger partial charge in [0.1, 0.15) is 0 Å². The first-order chi connectivity index (χ1) is 6.24. The monoisotopic (exact) mass is 181 g/mol. The molecule has 0 amide bonds. The van der Waals surface area contributed by atoms with Gasteiger partial charge < -0.3 is 5.32 Å². The van der Waals surface area contributed by atoms with Crippen molar-refractivity contribution in [1.29, 1.82) is 0 Å². The molecule has 13 heavy (non-hydrogen) atoms. The molecule has 1 heterocycles. The average molecular weight is 181 g/mol. The van der Waals surface area contributed by atoms with E-state index in [0.29, 0.717) is 5.92 Å². The van der Waals surface area contributed by atoms with Crippen molar-refractivity contribution in [2.45, 2.75) is 26.8 Å². The maximum absolute atomic E-state index is 4.30. The summed E-state index contributed by atoms with van der Waals surface area (Å²) in [5, 5.41) is 7.44. The Hall–Kier alpha value is -0.830. The Morgan fingerprint density at radius 3 is 2.92 bits per heavy atom. The minimum absolute atomic E-state index is 0.660. The molecule has 3 heteroatoms. The van der Waals surface area contributed by atoms with Crippen molar-refractivity contribution in [3.05, 3.63) is 18.0 Å². The highest BCUT2D eigenvalue weighted by Gasteiger charge is 2.03. The molecule has 0 aromatic carbocycles. The van der Waals surface area contributed by atoms with Gasteiger partial charge in [0.05, 0.1) is 0 Å². The molecule has 1 N–H and O–H groups in total. The number of aromatic nitrogens is 2. The van der Waals surface area contributed by atoms with Crippen LogP contribution >= 0.6 is 0 Å². The van der Waals surface area contributed by atoms with Crippen LogP contribution in [-0.4, -0.2) is 23.4 Å². The predicted molar refractivity (Wildman–Crippen MR) is 54.7 cm³/mol. The molecule has 0 saturated carbocycles. The van der Waals surface area contributed by atoms with E-state index in [0.717, 1.165) is 19.5 Å². The van der Waals surface area contributed by atoms with Crippen LogP contribution in [0.15, 0.2) is 12.3 Å². The first-order valence-corrected chi connectivity index (χ1v) is 4.89. The van der Waals surface area contributed by atoms with E-state index < -0.39 is 0 Å². The van der Waals surface area contributed by atoms with Gasteiger partial charge in [-0.2, -0.15) is 5.10 Å². The minimum atomic E-state index is 0.660. The van der Waals surface area contributed by atoms with E-state index in [-0.39, 0.29) is 0 Å². The number of hydrogen-bond acceptors (Lipinski definition) is 2. The van der Waals surface area contributed by atoms with Gasteiger partial charge in [-0.15, -0.1) is 0 Å². The molecular formula is C10H19N3. The molecular weight excluding hydrogens is 162 g/mol. The topological polar surface area (TPSA) is 29.9 Å². The van der Waals surface area contributed by atoms with E-state index in [4.69, 9.17) is 0 Å². The van der Waals surface area contributed by atoms with E-state index >= 15 is 0 Å². The summed E-state index contributed by atoms with van der Waals surface area (Å²) in [4.78, 5) is 0. The van der Waals surface area contributed by atoms with Gasteiger partial charge in [0, 0.05) is 31.4 Å². The van der Waals surface area contributed by atoms with Crippen molar-refractivity contribution in [3.8, 4) is 0 Å². The second-order valence-corrected chi connectivity index (χ2v) is 3.75. The van der Waals surface area contributed by atoms with Gasteiger partial charge in [0.25, 0.3) is 0 Å². The van der Waals surface area contributed by atoms with Gasteiger partial charge >= 0.3 is 0 Å². The zero-order valence-electron chi connectivity index (χ0n) is 8.75. The Labute approximate surface area is 80.1 Å². The molecule has 74 valence electrons. The summed E-state index contributed by atoms with van der Waals surface area (Å²) in [5.74, 6) is 0.660. The van der Waals surface area contributed by atoms with Crippen molar-refractivity contribution in [2.75, 3.05) is 13.6 Å². The lowest BCUT2D eigenvalue weighted by Crippen LogP contribution is -2.15. The lowest BCUT2D eigenvalue weighted by molar-refractivity contribution is 0.467. The summed E-state index contributed by atoms with van der Waals surface area (Å²) in [6.45, 7) is 6.46. The summed E-state index contributed by atoms with van der Waals surface area (Å²) in [6.07, 6.45) is 2.94. The fraction of sp³-hybridized carbons (Fsp3) is 0.700. The smallest absolute Gasteiger partial charge is 0.0492 e. The van der Waals surface area contributed by atoms with Crippen LogP contribution in [0.5, 0.6) is 0 Å².